The minimum absolute atomic E-state index is 0.121. The van der Waals surface area contributed by atoms with Crippen molar-refractivity contribution < 1.29 is 33.3 Å². The van der Waals surface area contributed by atoms with Crippen LogP contribution in [0.5, 0.6) is 28.7 Å². The molecular weight excluding hydrogens is 352 g/mol. The van der Waals surface area contributed by atoms with Crippen LogP contribution >= 0.6 is 0 Å². The van der Waals surface area contributed by atoms with Crippen LogP contribution in [0, 0.1) is 0 Å². The Labute approximate surface area is 156 Å². The number of Topliss-reactive ketones (excluding diaryl/α,β-unsaturated/α-hetero) is 1. The summed E-state index contributed by atoms with van der Waals surface area (Å²) in [5, 5.41) is 0. The summed E-state index contributed by atoms with van der Waals surface area (Å²) in [6, 6.07) is 7.95. The third kappa shape index (κ3) is 3.57. The zero-order valence-corrected chi connectivity index (χ0v) is 15.3. The van der Waals surface area contributed by atoms with Crippen molar-refractivity contribution >= 4 is 17.8 Å². The second kappa shape index (κ2) is 7.41. The standard InChI is InChI=1S/C20H18O7/c1-11(21)26-13-5-6-14-16(9-13)27-19(20(14)22)8-12-7-17(24-3)18(25-4)10-15(12)23-2/h5-10H,1-4H3. The number of fused-ring (bicyclic) bond motifs is 1. The molecule has 7 nitrogen and oxygen atoms in total. The van der Waals surface area contributed by atoms with Gasteiger partial charge in [-0.25, -0.2) is 0 Å². The molecule has 27 heavy (non-hydrogen) atoms. The average Bonchev–Trinajstić information content (AvgIpc) is 2.95. The highest BCUT2D eigenvalue weighted by molar-refractivity contribution is 6.14. The van der Waals surface area contributed by atoms with Crippen LogP contribution in [0.25, 0.3) is 6.08 Å². The maximum absolute atomic E-state index is 12.6. The number of carbonyl (C=O) groups is 2. The summed E-state index contributed by atoms with van der Waals surface area (Å²) in [6.45, 7) is 1.30. The van der Waals surface area contributed by atoms with E-state index < -0.39 is 5.97 Å². The molecule has 0 fully saturated rings. The molecule has 7 heteroatoms. The van der Waals surface area contributed by atoms with Gasteiger partial charge >= 0.3 is 5.97 Å². The summed E-state index contributed by atoms with van der Waals surface area (Å²) in [5.41, 5.74) is 0.975. The van der Waals surface area contributed by atoms with Crippen molar-refractivity contribution in [2.24, 2.45) is 0 Å². The highest BCUT2D eigenvalue weighted by atomic mass is 16.5. The van der Waals surface area contributed by atoms with Gasteiger partial charge in [0.25, 0.3) is 0 Å². The Morgan fingerprint density at radius 1 is 0.963 bits per heavy atom. The lowest BCUT2D eigenvalue weighted by molar-refractivity contribution is -0.131. The van der Waals surface area contributed by atoms with E-state index in [4.69, 9.17) is 23.7 Å². The number of allylic oxidation sites excluding steroid dienone is 1. The van der Waals surface area contributed by atoms with E-state index in [0.717, 1.165) is 0 Å². The fraction of sp³-hybridized carbons (Fsp3) is 0.200. The smallest absolute Gasteiger partial charge is 0.308 e. The van der Waals surface area contributed by atoms with Gasteiger partial charge in [-0.15, -0.1) is 0 Å². The van der Waals surface area contributed by atoms with Gasteiger partial charge < -0.3 is 23.7 Å². The van der Waals surface area contributed by atoms with Gasteiger partial charge in [0.1, 0.15) is 17.2 Å². The minimum atomic E-state index is -0.454. The summed E-state index contributed by atoms with van der Waals surface area (Å²) in [4.78, 5) is 23.7. The van der Waals surface area contributed by atoms with Gasteiger partial charge in [0.2, 0.25) is 5.78 Å². The summed E-state index contributed by atoms with van der Waals surface area (Å²) >= 11 is 0. The van der Waals surface area contributed by atoms with Crippen LogP contribution in [0.3, 0.4) is 0 Å². The van der Waals surface area contributed by atoms with E-state index in [-0.39, 0.29) is 11.5 Å². The molecule has 1 aliphatic heterocycles. The van der Waals surface area contributed by atoms with E-state index in [9.17, 15) is 9.59 Å². The highest BCUT2D eigenvalue weighted by Crippen LogP contribution is 2.38. The molecule has 0 spiro atoms. The number of hydrogen-bond acceptors (Lipinski definition) is 7. The lowest BCUT2D eigenvalue weighted by atomic mass is 10.1. The maximum atomic E-state index is 12.6. The number of esters is 1. The maximum Gasteiger partial charge on any atom is 0.308 e. The predicted molar refractivity (Wildman–Crippen MR) is 96.8 cm³/mol. The van der Waals surface area contributed by atoms with Gasteiger partial charge in [-0.3, -0.25) is 9.59 Å². The SMILES string of the molecule is COc1cc(OC)c(OC)cc1C=C1Oc2cc(OC(C)=O)ccc2C1=O. The number of hydrogen-bond donors (Lipinski definition) is 0. The number of benzene rings is 2. The topological polar surface area (TPSA) is 80.3 Å². The Morgan fingerprint density at radius 2 is 1.63 bits per heavy atom. The van der Waals surface area contributed by atoms with Crippen LogP contribution < -0.4 is 23.7 Å². The normalized spacial score (nSPS) is 13.8. The number of carbonyl (C=O) groups excluding carboxylic acids is 2. The van der Waals surface area contributed by atoms with Crippen molar-refractivity contribution in [3.8, 4) is 28.7 Å². The van der Waals surface area contributed by atoms with Crippen molar-refractivity contribution in [2.75, 3.05) is 21.3 Å². The third-order valence-electron chi connectivity index (χ3n) is 3.93. The van der Waals surface area contributed by atoms with Crippen LogP contribution in [0.2, 0.25) is 0 Å². The Balaban J connectivity index is 1.98. The quantitative estimate of drug-likeness (QED) is 0.454. The van der Waals surface area contributed by atoms with Crippen molar-refractivity contribution in [1.29, 1.82) is 0 Å². The Kier molecular flexibility index (Phi) is 5.03. The van der Waals surface area contributed by atoms with Gasteiger partial charge in [0.15, 0.2) is 17.3 Å². The molecule has 0 aliphatic carbocycles. The second-order valence-corrected chi connectivity index (χ2v) is 5.64. The molecule has 0 aromatic heterocycles. The molecule has 1 heterocycles. The summed E-state index contributed by atoms with van der Waals surface area (Å²) in [6.07, 6.45) is 1.56. The fourth-order valence-electron chi connectivity index (χ4n) is 2.70. The first-order valence-corrected chi connectivity index (χ1v) is 8.03. The number of ether oxygens (including phenoxy) is 5. The zero-order valence-electron chi connectivity index (χ0n) is 15.3. The van der Waals surface area contributed by atoms with Crippen LogP contribution in [0.15, 0.2) is 36.1 Å². The first-order valence-electron chi connectivity index (χ1n) is 8.03. The van der Waals surface area contributed by atoms with Crippen LogP contribution in [0.4, 0.5) is 0 Å². The summed E-state index contributed by atoms with van der Waals surface area (Å²) < 4.78 is 26.6. The van der Waals surface area contributed by atoms with E-state index in [1.807, 2.05) is 0 Å². The Hall–Kier alpha value is -3.48. The largest absolute Gasteiger partial charge is 0.496 e. The zero-order chi connectivity index (χ0) is 19.6. The van der Waals surface area contributed by atoms with Gasteiger partial charge in [-0.1, -0.05) is 0 Å². The first-order chi connectivity index (χ1) is 13.0. The Bertz CT molecular complexity index is 944. The third-order valence-corrected chi connectivity index (χ3v) is 3.93. The van der Waals surface area contributed by atoms with Crippen molar-refractivity contribution in [3.63, 3.8) is 0 Å². The van der Waals surface area contributed by atoms with Gasteiger partial charge in [0.05, 0.1) is 26.9 Å². The monoisotopic (exact) mass is 370 g/mol. The Morgan fingerprint density at radius 3 is 2.26 bits per heavy atom. The molecule has 2 aromatic rings. The number of methoxy groups -OCH3 is 3. The van der Waals surface area contributed by atoms with Crippen molar-refractivity contribution in [3.05, 3.63) is 47.2 Å². The molecule has 0 atom stereocenters. The van der Waals surface area contributed by atoms with Crippen LogP contribution in [-0.4, -0.2) is 33.1 Å². The van der Waals surface area contributed by atoms with Crippen LogP contribution in [-0.2, 0) is 4.79 Å². The molecule has 140 valence electrons. The molecule has 0 amide bonds. The van der Waals surface area contributed by atoms with E-state index in [1.54, 1.807) is 30.3 Å². The van der Waals surface area contributed by atoms with E-state index >= 15 is 0 Å². The van der Waals surface area contributed by atoms with Gasteiger partial charge in [0, 0.05) is 24.6 Å². The lowest BCUT2D eigenvalue weighted by Gasteiger charge is -2.12. The molecule has 1 aliphatic rings. The molecule has 0 radical (unpaired) electrons. The van der Waals surface area contributed by atoms with E-state index in [2.05, 4.69) is 0 Å². The molecule has 3 rings (SSSR count). The van der Waals surface area contributed by atoms with Crippen LogP contribution in [0.1, 0.15) is 22.8 Å². The molecule has 0 saturated heterocycles. The molecule has 0 unspecified atom stereocenters. The fourth-order valence-corrected chi connectivity index (χ4v) is 2.70. The highest BCUT2D eigenvalue weighted by Gasteiger charge is 2.28. The average molecular weight is 370 g/mol. The lowest BCUT2D eigenvalue weighted by Crippen LogP contribution is -2.01. The molecule has 0 N–H and O–H groups in total. The van der Waals surface area contributed by atoms with Gasteiger partial charge in [-0.05, 0) is 24.3 Å². The van der Waals surface area contributed by atoms with Crippen molar-refractivity contribution in [2.45, 2.75) is 6.92 Å². The van der Waals surface area contributed by atoms with Gasteiger partial charge in [-0.2, -0.15) is 0 Å². The molecule has 0 saturated carbocycles. The molecule has 2 aromatic carbocycles. The summed E-state index contributed by atoms with van der Waals surface area (Å²) in [7, 11) is 4.56. The summed E-state index contributed by atoms with van der Waals surface area (Å²) in [5.74, 6) is 1.50. The first kappa shape index (κ1) is 18.3. The number of rotatable bonds is 5. The minimum Gasteiger partial charge on any atom is -0.496 e. The van der Waals surface area contributed by atoms with E-state index in [1.165, 1.54) is 34.3 Å². The van der Waals surface area contributed by atoms with E-state index in [0.29, 0.717) is 39.9 Å². The van der Waals surface area contributed by atoms with Crippen molar-refractivity contribution in [1.82, 2.24) is 0 Å². The molecule has 0 bridgehead atoms. The second-order valence-electron chi connectivity index (χ2n) is 5.64. The number of ketones is 1. The molecular formula is C20H18O7. The predicted octanol–water partition coefficient (Wildman–Crippen LogP) is 3.25.